The van der Waals surface area contributed by atoms with Gasteiger partial charge in [0.25, 0.3) is 5.91 Å². The van der Waals surface area contributed by atoms with Gasteiger partial charge in [-0.15, -0.1) is 0 Å². The van der Waals surface area contributed by atoms with Crippen molar-refractivity contribution in [3.63, 3.8) is 0 Å². The predicted molar refractivity (Wildman–Crippen MR) is 93.7 cm³/mol. The molecule has 5 nitrogen and oxygen atoms in total. The first-order valence-electron chi connectivity index (χ1n) is 8.39. The number of rotatable bonds is 3. The third-order valence-electron chi connectivity index (χ3n) is 4.79. The zero-order valence-corrected chi connectivity index (χ0v) is 14.2. The highest BCUT2D eigenvalue weighted by atomic mass is 16.2. The van der Waals surface area contributed by atoms with Crippen LogP contribution >= 0.6 is 0 Å². The van der Waals surface area contributed by atoms with E-state index in [0.29, 0.717) is 31.0 Å². The molecule has 0 radical (unpaired) electrons. The van der Waals surface area contributed by atoms with Crippen LogP contribution in [0.1, 0.15) is 40.9 Å². The van der Waals surface area contributed by atoms with Crippen LogP contribution in [0.25, 0.3) is 10.9 Å². The molecule has 0 unspecified atom stereocenters. The summed E-state index contributed by atoms with van der Waals surface area (Å²) >= 11 is 0. The van der Waals surface area contributed by atoms with Gasteiger partial charge >= 0.3 is 0 Å². The number of hydrogen-bond acceptors (Lipinski definition) is 3. The van der Waals surface area contributed by atoms with Crippen molar-refractivity contribution in [1.29, 1.82) is 0 Å². The van der Waals surface area contributed by atoms with E-state index in [0.717, 1.165) is 35.0 Å². The molecule has 1 saturated heterocycles. The second-order valence-corrected chi connectivity index (χ2v) is 6.72. The number of fused-ring (bicyclic) bond motifs is 1. The molecule has 5 heteroatoms. The normalized spacial score (nSPS) is 15.7. The third-order valence-corrected chi connectivity index (χ3v) is 4.79. The van der Waals surface area contributed by atoms with Crippen molar-refractivity contribution >= 4 is 22.7 Å². The van der Waals surface area contributed by atoms with Crippen molar-refractivity contribution in [2.24, 2.45) is 11.7 Å². The van der Waals surface area contributed by atoms with Gasteiger partial charge in [-0.05, 0) is 50.3 Å². The van der Waals surface area contributed by atoms with Crippen LogP contribution in [0.3, 0.4) is 0 Å². The summed E-state index contributed by atoms with van der Waals surface area (Å²) in [5, 5.41) is 0.984. The molecule has 2 aromatic rings. The molecule has 126 valence electrons. The number of aromatic nitrogens is 1. The fourth-order valence-electron chi connectivity index (χ4n) is 3.38. The molecule has 0 atom stereocenters. The average molecular weight is 325 g/mol. The zero-order valence-electron chi connectivity index (χ0n) is 14.2. The fraction of sp³-hybridized carbons (Fsp3) is 0.421. The lowest BCUT2D eigenvalue weighted by Crippen LogP contribution is -2.39. The van der Waals surface area contributed by atoms with Crippen molar-refractivity contribution in [1.82, 2.24) is 9.88 Å². The Labute approximate surface area is 141 Å². The minimum Gasteiger partial charge on any atom is -0.370 e. The fourth-order valence-corrected chi connectivity index (χ4v) is 3.38. The van der Waals surface area contributed by atoms with E-state index in [1.165, 1.54) is 0 Å². The lowest BCUT2D eigenvalue weighted by Gasteiger charge is -2.31. The van der Waals surface area contributed by atoms with Gasteiger partial charge in [0.15, 0.2) is 0 Å². The van der Waals surface area contributed by atoms with Crippen molar-refractivity contribution in [2.45, 2.75) is 33.1 Å². The number of likely N-dealkylation sites (tertiary alicyclic amines) is 1. The molecular weight excluding hydrogens is 302 g/mol. The number of pyridine rings is 1. The number of carbonyl (C=O) groups is 2. The van der Waals surface area contributed by atoms with Gasteiger partial charge in [0.1, 0.15) is 0 Å². The van der Waals surface area contributed by atoms with Crippen LogP contribution in [0.5, 0.6) is 0 Å². The molecule has 0 bridgehead atoms. The predicted octanol–water partition coefficient (Wildman–Crippen LogP) is 2.58. The molecule has 2 heterocycles. The lowest BCUT2D eigenvalue weighted by atomic mass is 9.93. The topological polar surface area (TPSA) is 76.3 Å². The van der Waals surface area contributed by atoms with Gasteiger partial charge in [-0.2, -0.15) is 0 Å². The monoisotopic (exact) mass is 325 g/mol. The first kappa shape index (κ1) is 16.4. The van der Waals surface area contributed by atoms with Crippen LogP contribution in [0.2, 0.25) is 0 Å². The Bertz CT molecular complexity index is 793. The largest absolute Gasteiger partial charge is 0.370 e. The smallest absolute Gasteiger partial charge is 0.255 e. The van der Waals surface area contributed by atoms with E-state index in [2.05, 4.69) is 4.98 Å². The zero-order chi connectivity index (χ0) is 17.3. The summed E-state index contributed by atoms with van der Waals surface area (Å²) in [4.78, 5) is 30.3. The van der Waals surface area contributed by atoms with Gasteiger partial charge < -0.3 is 10.6 Å². The molecule has 1 aliphatic rings. The van der Waals surface area contributed by atoms with Crippen LogP contribution in [-0.2, 0) is 4.79 Å². The second-order valence-electron chi connectivity index (χ2n) is 6.72. The number of amides is 2. The molecule has 24 heavy (non-hydrogen) atoms. The molecule has 1 aromatic heterocycles. The SMILES string of the molecule is Cc1ccc2cc(C(=O)N3CCC(CC(N)=O)CC3)c(C)nc2c1. The Morgan fingerprint density at radius 3 is 2.58 bits per heavy atom. The van der Waals surface area contributed by atoms with Gasteiger partial charge in [-0.25, -0.2) is 0 Å². The molecule has 1 aliphatic heterocycles. The molecule has 0 aliphatic carbocycles. The van der Waals surface area contributed by atoms with Crippen molar-refractivity contribution in [2.75, 3.05) is 13.1 Å². The average Bonchev–Trinajstić information content (AvgIpc) is 2.53. The summed E-state index contributed by atoms with van der Waals surface area (Å²) in [5.74, 6) is 0.0648. The number of carbonyl (C=O) groups excluding carboxylic acids is 2. The summed E-state index contributed by atoms with van der Waals surface area (Å²) in [6.07, 6.45) is 2.07. The summed E-state index contributed by atoms with van der Waals surface area (Å²) in [6.45, 7) is 5.25. The summed E-state index contributed by atoms with van der Waals surface area (Å²) in [5.41, 5.74) is 8.77. The highest BCUT2D eigenvalue weighted by molar-refractivity contribution is 5.98. The molecule has 2 amide bonds. The molecule has 3 rings (SSSR count). The van der Waals surface area contributed by atoms with Crippen LogP contribution < -0.4 is 5.73 Å². The number of benzene rings is 1. The van der Waals surface area contributed by atoms with E-state index in [4.69, 9.17) is 5.73 Å². The lowest BCUT2D eigenvalue weighted by molar-refractivity contribution is -0.119. The maximum atomic E-state index is 12.9. The van der Waals surface area contributed by atoms with E-state index in [9.17, 15) is 9.59 Å². The van der Waals surface area contributed by atoms with E-state index in [-0.39, 0.29) is 11.8 Å². The second kappa shape index (κ2) is 6.59. The standard InChI is InChI=1S/C19H23N3O2/c1-12-3-4-15-11-16(13(2)21-17(15)9-12)19(24)22-7-5-14(6-8-22)10-18(20)23/h3-4,9,11,14H,5-8,10H2,1-2H3,(H2,20,23). The minimum atomic E-state index is -0.260. The number of aryl methyl sites for hydroxylation is 2. The number of hydrogen-bond donors (Lipinski definition) is 1. The van der Waals surface area contributed by atoms with Gasteiger partial charge in [0, 0.05) is 24.9 Å². The molecule has 1 aromatic carbocycles. The van der Waals surface area contributed by atoms with Crippen molar-refractivity contribution < 1.29 is 9.59 Å². The Kier molecular flexibility index (Phi) is 4.51. The van der Waals surface area contributed by atoms with Gasteiger partial charge in [-0.3, -0.25) is 14.6 Å². The van der Waals surface area contributed by atoms with Crippen LogP contribution in [0.4, 0.5) is 0 Å². The summed E-state index contributed by atoms with van der Waals surface area (Å²) < 4.78 is 0. The highest BCUT2D eigenvalue weighted by Crippen LogP contribution is 2.24. The quantitative estimate of drug-likeness (QED) is 0.942. The Hall–Kier alpha value is -2.43. The number of piperidine rings is 1. The van der Waals surface area contributed by atoms with Crippen LogP contribution in [0, 0.1) is 19.8 Å². The highest BCUT2D eigenvalue weighted by Gasteiger charge is 2.25. The number of nitrogens with zero attached hydrogens (tertiary/aromatic N) is 2. The molecule has 0 spiro atoms. The summed E-state index contributed by atoms with van der Waals surface area (Å²) in [6, 6.07) is 8.01. The van der Waals surface area contributed by atoms with E-state index >= 15 is 0 Å². The third kappa shape index (κ3) is 3.40. The number of nitrogens with two attached hydrogens (primary N) is 1. The Morgan fingerprint density at radius 2 is 1.92 bits per heavy atom. The Balaban J connectivity index is 1.78. The van der Waals surface area contributed by atoms with Gasteiger partial charge in [-0.1, -0.05) is 12.1 Å². The molecule has 1 fully saturated rings. The van der Waals surface area contributed by atoms with Crippen molar-refractivity contribution in [3.05, 3.63) is 41.1 Å². The van der Waals surface area contributed by atoms with E-state index in [1.807, 2.05) is 43.0 Å². The molecular formula is C19H23N3O2. The van der Waals surface area contributed by atoms with E-state index < -0.39 is 0 Å². The van der Waals surface area contributed by atoms with E-state index in [1.54, 1.807) is 0 Å². The number of primary amides is 1. The molecule has 2 N–H and O–H groups in total. The molecule has 0 saturated carbocycles. The minimum absolute atomic E-state index is 0.0278. The van der Waals surface area contributed by atoms with Gasteiger partial charge in [0.05, 0.1) is 16.8 Å². The Morgan fingerprint density at radius 1 is 1.21 bits per heavy atom. The van der Waals surface area contributed by atoms with Crippen LogP contribution in [0.15, 0.2) is 24.3 Å². The first-order valence-corrected chi connectivity index (χ1v) is 8.39. The summed E-state index contributed by atoms with van der Waals surface area (Å²) in [7, 11) is 0. The maximum absolute atomic E-state index is 12.9. The first-order chi connectivity index (χ1) is 11.4. The van der Waals surface area contributed by atoms with Crippen LogP contribution in [-0.4, -0.2) is 34.8 Å². The van der Waals surface area contributed by atoms with Gasteiger partial charge in [0.2, 0.25) is 5.91 Å². The van der Waals surface area contributed by atoms with Crippen molar-refractivity contribution in [3.8, 4) is 0 Å². The maximum Gasteiger partial charge on any atom is 0.255 e.